The van der Waals surface area contributed by atoms with Crippen molar-refractivity contribution in [2.24, 2.45) is 0 Å². The van der Waals surface area contributed by atoms with Crippen molar-refractivity contribution in [1.29, 1.82) is 0 Å². The maximum atomic E-state index is 3.79. The molecule has 0 unspecified atom stereocenters. The van der Waals surface area contributed by atoms with E-state index in [-0.39, 0.29) is 0 Å². The zero-order chi connectivity index (χ0) is 8.39. The molecule has 0 N–H and O–H groups in total. The van der Waals surface area contributed by atoms with Gasteiger partial charge in [0.15, 0.2) is 0 Å². The van der Waals surface area contributed by atoms with Crippen molar-refractivity contribution < 1.29 is 21.1 Å². The van der Waals surface area contributed by atoms with Crippen molar-refractivity contribution >= 4 is 4.04 Å². The van der Waals surface area contributed by atoms with E-state index in [1.165, 1.54) is 0 Å². The van der Waals surface area contributed by atoms with Gasteiger partial charge in [-0.05, 0) is 0 Å². The summed E-state index contributed by atoms with van der Waals surface area (Å²) in [6, 6.07) is 9.68. The normalized spacial score (nSPS) is 10.2. The molecule has 12 heavy (non-hydrogen) atoms. The van der Waals surface area contributed by atoms with Gasteiger partial charge < -0.3 is 0 Å². The first-order valence-electron chi connectivity index (χ1n) is 3.33. The summed E-state index contributed by atoms with van der Waals surface area (Å²) in [5, 5.41) is 11.0. The predicted molar refractivity (Wildman–Crippen MR) is 38.8 cm³/mol. The van der Waals surface area contributed by atoms with Crippen LogP contribution in [0, 0.1) is 0 Å². The summed E-state index contributed by atoms with van der Waals surface area (Å²) < 4.78 is 2.21. The number of aromatic nitrogens is 4. The van der Waals surface area contributed by atoms with E-state index < -0.39 is 0 Å². The zero-order valence-electron chi connectivity index (χ0n) is 5.98. The molecule has 4 nitrogen and oxygen atoms in total. The average molecular weight is 253 g/mol. The van der Waals surface area contributed by atoms with Crippen LogP contribution in [0.1, 0.15) is 0 Å². The molecule has 0 saturated carbocycles. The van der Waals surface area contributed by atoms with Gasteiger partial charge in [-0.1, -0.05) is 0 Å². The molecule has 1 heterocycles. The second kappa shape index (κ2) is 3.18. The minimum absolute atomic E-state index is 0.603. The fourth-order valence-electron chi connectivity index (χ4n) is 0.887. The van der Waals surface area contributed by atoms with Gasteiger partial charge >= 0.3 is 81.3 Å². The Morgan fingerprint density at radius 2 is 1.92 bits per heavy atom. The van der Waals surface area contributed by atoms with E-state index >= 15 is 0 Å². The molecule has 0 aliphatic rings. The van der Waals surface area contributed by atoms with E-state index in [2.05, 4.69) is 36.6 Å². The predicted octanol–water partition coefficient (Wildman–Crippen LogP) is -0.166. The van der Waals surface area contributed by atoms with Crippen LogP contribution in [0.3, 0.4) is 0 Å². The fraction of sp³-hybridized carbons (Fsp3) is 0. The second-order valence-corrected chi connectivity index (χ2v) is 2.82. The molecule has 64 valence electrons. The molecule has 0 amide bonds. The van der Waals surface area contributed by atoms with Crippen molar-refractivity contribution in [3.63, 3.8) is 0 Å². The van der Waals surface area contributed by atoms with Gasteiger partial charge in [0, 0.05) is 0 Å². The Kier molecular flexibility index (Phi) is 2.03. The third kappa shape index (κ3) is 1.32. The Balaban J connectivity index is 2.51. The van der Waals surface area contributed by atoms with Gasteiger partial charge in [0.2, 0.25) is 0 Å². The fourth-order valence-corrected chi connectivity index (χ4v) is 1.21. The van der Waals surface area contributed by atoms with Crippen LogP contribution in [0.25, 0.3) is 5.69 Å². The first kappa shape index (κ1) is 7.67. The summed E-state index contributed by atoms with van der Waals surface area (Å²) in [5.74, 6) is 0. The maximum absolute atomic E-state index is 3.79. The average Bonchev–Trinajstić information content (AvgIpc) is 2.53. The Morgan fingerprint density at radius 3 is 2.50 bits per heavy atom. The second-order valence-electron chi connectivity index (χ2n) is 2.16. The van der Waals surface area contributed by atoms with Crippen LogP contribution in [-0.4, -0.2) is 20.2 Å². The zero-order valence-corrected chi connectivity index (χ0v) is 7.46. The van der Waals surface area contributed by atoms with E-state index in [0.717, 1.165) is 5.69 Å². The van der Waals surface area contributed by atoms with Gasteiger partial charge in [-0.15, -0.1) is 0 Å². The number of para-hydroxylation sites is 1. The van der Waals surface area contributed by atoms with Gasteiger partial charge in [0.1, 0.15) is 0 Å². The number of benzene rings is 1. The number of rotatable bonds is 1. The molecule has 1 aromatic carbocycles. The summed E-state index contributed by atoms with van der Waals surface area (Å²) in [5.41, 5.74) is 0.939. The van der Waals surface area contributed by atoms with Gasteiger partial charge in [-0.2, -0.15) is 0 Å². The number of tetrazole rings is 1. The Morgan fingerprint density at radius 1 is 1.17 bits per heavy atom. The van der Waals surface area contributed by atoms with Gasteiger partial charge in [0.25, 0.3) is 0 Å². The molecular formula is C7H5AgN4. The minimum atomic E-state index is 0.603. The van der Waals surface area contributed by atoms with Crippen LogP contribution < -0.4 is 4.04 Å². The van der Waals surface area contributed by atoms with E-state index in [1.807, 2.05) is 30.3 Å². The molecule has 0 radical (unpaired) electrons. The quantitative estimate of drug-likeness (QED) is 0.663. The number of hydrogen-bond acceptors (Lipinski definition) is 3. The van der Waals surface area contributed by atoms with Gasteiger partial charge in [-0.3, -0.25) is 0 Å². The van der Waals surface area contributed by atoms with Crippen LogP contribution in [0.2, 0.25) is 0 Å². The first-order valence-corrected chi connectivity index (χ1v) is 4.07. The molecule has 0 fully saturated rings. The Labute approximate surface area is 81.5 Å². The van der Waals surface area contributed by atoms with Gasteiger partial charge in [0.05, 0.1) is 0 Å². The summed E-state index contributed by atoms with van der Waals surface area (Å²) in [7, 11) is 0. The van der Waals surface area contributed by atoms with E-state index in [4.69, 9.17) is 0 Å². The van der Waals surface area contributed by atoms with E-state index in [9.17, 15) is 0 Å². The molecule has 0 aliphatic heterocycles. The summed E-state index contributed by atoms with van der Waals surface area (Å²) in [4.78, 5) is 0. The molecule has 0 bridgehead atoms. The third-order valence-corrected chi connectivity index (χ3v) is 1.87. The SMILES string of the molecule is [Ag][c]1nnnn1-c1ccccc1. The van der Waals surface area contributed by atoms with E-state index in [1.54, 1.807) is 4.68 Å². The molecule has 0 atom stereocenters. The van der Waals surface area contributed by atoms with Crippen LogP contribution in [0.5, 0.6) is 0 Å². The van der Waals surface area contributed by atoms with Crippen LogP contribution >= 0.6 is 0 Å². The van der Waals surface area contributed by atoms with Crippen molar-refractivity contribution in [2.75, 3.05) is 0 Å². The van der Waals surface area contributed by atoms with Crippen LogP contribution in [-0.2, 0) is 21.1 Å². The van der Waals surface area contributed by atoms with Crippen LogP contribution in [0.15, 0.2) is 30.3 Å². The first-order chi connectivity index (χ1) is 5.88. The summed E-state index contributed by atoms with van der Waals surface area (Å²) in [6.07, 6.45) is 0. The number of nitrogens with zero attached hydrogens (tertiary/aromatic N) is 4. The molecule has 5 heteroatoms. The molecule has 1 aromatic heterocycles. The van der Waals surface area contributed by atoms with Crippen molar-refractivity contribution in [3.8, 4) is 5.69 Å². The molecule has 0 saturated heterocycles. The number of hydrogen-bond donors (Lipinski definition) is 0. The standard InChI is InChI=1S/C7H5N4.Ag/c1-2-4-7(5-3-1)11-6-8-9-10-11;/h1-5H;. The summed E-state index contributed by atoms with van der Waals surface area (Å²) >= 11 is 3.25. The molecular weight excluding hydrogens is 248 g/mol. The summed E-state index contributed by atoms with van der Waals surface area (Å²) in [6.45, 7) is 0. The topological polar surface area (TPSA) is 43.6 Å². The van der Waals surface area contributed by atoms with E-state index in [0.29, 0.717) is 4.04 Å². The molecule has 2 aromatic rings. The van der Waals surface area contributed by atoms with Crippen LogP contribution in [0.4, 0.5) is 0 Å². The third-order valence-electron chi connectivity index (χ3n) is 1.41. The van der Waals surface area contributed by atoms with Crippen molar-refractivity contribution in [2.45, 2.75) is 0 Å². The van der Waals surface area contributed by atoms with Crippen molar-refractivity contribution in [1.82, 2.24) is 20.2 Å². The molecule has 0 spiro atoms. The van der Waals surface area contributed by atoms with Crippen molar-refractivity contribution in [3.05, 3.63) is 30.3 Å². The Hall–Kier alpha value is -0.970. The monoisotopic (exact) mass is 252 g/mol. The molecule has 0 aliphatic carbocycles. The molecule has 2 rings (SSSR count). The Bertz CT molecular complexity index is 370. The van der Waals surface area contributed by atoms with Gasteiger partial charge in [-0.25, -0.2) is 0 Å².